The molecule has 4 atom stereocenters. The van der Waals surface area contributed by atoms with E-state index in [1.807, 2.05) is 13.8 Å². The highest BCUT2D eigenvalue weighted by molar-refractivity contribution is 14.1. The topological polar surface area (TPSA) is 29.5 Å². The maximum atomic E-state index is 12.7. The van der Waals surface area contributed by atoms with Crippen LogP contribution in [-0.4, -0.2) is 36.1 Å². The van der Waals surface area contributed by atoms with Crippen LogP contribution >= 0.6 is 22.6 Å². The molecule has 0 spiro atoms. The molecule has 0 N–H and O–H groups in total. The molecule has 2 fully saturated rings. The number of nitrogens with zero attached hydrogens (tertiary/aromatic N) is 1. The number of hydrogen-bond donors (Lipinski definition) is 0. The molecule has 0 radical (unpaired) electrons. The summed E-state index contributed by atoms with van der Waals surface area (Å²) < 4.78 is 6.83. The van der Waals surface area contributed by atoms with Gasteiger partial charge in [0.05, 0.1) is 12.0 Å². The monoisotopic (exact) mass is 409 g/mol. The predicted molar refractivity (Wildman–Crippen MR) is 95.8 cm³/mol. The first-order valence-corrected chi connectivity index (χ1v) is 9.23. The van der Waals surface area contributed by atoms with Crippen molar-refractivity contribution in [2.75, 3.05) is 7.05 Å². The third-order valence-electron chi connectivity index (χ3n) is 5.19. The first-order chi connectivity index (χ1) is 10.5. The number of hydrogen-bond acceptors (Lipinski definition) is 3. The fourth-order valence-corrected chi connectivity index (χ4v) is 4.51. The molecule has 0 aliphatic carbocycles. The van der Waals surface area contributed by atoms with Crippen LogP contribution in [0.3, 0.4) is 0 Å². The molecule has 2 bridgehead atoms. The summed E-state index contributed by atoms with van der Waals surface area (Å²) in [7, 11) is 2.17. The van der Waals surface area contributed by atoms with E-state index in [0.717, 1.165) is 12.8 Å². The normalized spacial score (nSPS) is 31.5. The molecule has 4 heteroatoms. The largest absolute Gasteiger partial charge is 0.463 e. The molecule has 2 aliphatic rings. The number of carbonyl (C=O) groups is 1. The van der Waals surface area contributed by atoms with Crippen molar-refractivity contribution in [1.29, 1.82) is 0 Å². The number of fused-ring (bicyclic) bond motifs is 2. The summed E-state index contributed by atoms with van der Waals surface area (Å²) in [5.41, 5.74) is 1.29. The molecular weight excluding hydrogens is 385 g/mol. The number of esters is 1. The van der Waals surface area contributed by atoms with E-state index in [1.165, 1.54) is 15.6 Å². The highest BCUT2D eigenvalue weighted by atomic mass is 123. The maximum Gasteiger partial charge on any atom is 0.311 e. The Kier molecular flexibility index (Phi) is 4.78. The van der Waals surface area contributed by atoms with Gasteiger partial charge in [-0.05, 0) is 80.4 Å². The second-order valence-corrected chi connectivity index (χ2v) is 8.11. The van der Waals surface area contributed by atoms with E-state index in [9.17, 15) is 4.79 Å². The first-order valence-electron chi connectivity index (χ1n) is 8.15. The van der Waals surface area contributed by atoms with E-state index in [4.69, 9.17) is 4.74 Å². The lowest BCUT2D eigenvalue weighted by Crippen LogP contribution is -2.49. The number of piperidine rings is 1. The minimum absolute atomic E-state index is 0.0178. The summed E-state index contributed by atoms with van der Waals surface area (Å²) in [5, 5.41) is 0. The number of benzene rings is 1. The fraction of sp³-hybridized carbons (Fsp3) is 0.611. The Bertz CT molecular complexity index is 543. The number of carbonyl (C=O) groups excluding carboxylic acids is 1. The average molecular weight is 409 g/mol. The molecule has 3 rings (SSSR count). The van der Waals surface area contributed by atoms with Gasteiger partial charge in [0.25, 0.3) is 0 Å². The van der Waals surface area contributed by atoms with E-state index < -0.39 is 0 Å². The van der Waals surface area contributed by atoms with Gasteiger partial charge in [-0.2, -0.15) is 0 Å². The number of halogens is 1. The van der Waals surface area contributed by atoms with Crippen LogP contribution in [-0.2, 0) is 9.53 Å². The lowest BCUT2D eigenvalue weighted by atomic mass is 9.76. The van der Waals surface area contributed by atoms with Crippen molar-refractivity contribution in [2.45, 2.75) is 57.2 Å². The molecule has 2 saturated heterocycles. The Morgan fingerprint density at radius 3 is 2.59 bits per heavy atom. The van der Waals surface area contributed by atoms with Crippen LogP contribution in [0.4, 0.5) is 0 Å². The van der Waals surface area contributed by atoms with Gasteiger partial charge in [-0.15, -0.1) is 0 Å². The second kappa shape index (κ2) is 6.48. The SMILES string of the molecule is CC(C)OC(=O)[C@H]1[C@@H](c2ccc([123I])cc2)C[C@@H]2CC[C@H]1N2C. The summed E-state index contributed by atoms with van der Waals surface area (Å²) in [4.78, 5) is 15.2. The standard InChI is InChI=1S/C18H24INO2/c1-11(2)22-18(21)17-15(12-4-6-13(19)7-5-12)10-14-8-9-16(17)20(14)3/h4-7,11,14-17H,8-10H2,1-3H3/t14-,15+,16+,17-/m0/s1/i19-4. The molecular formula is C18H24INO2. The highest BCUT2D eigenvalue weighted by Crippen LogP contribution is 2.46. The van der Waals surface area contributed by atoms with Gasteiger partial charge in [0, 0.05) is 21.6 Å². The Morgan fingerprint density at radius 1 is 1.27 bits per heavy atom. The van der Waals surface area contributed by atoms with Crippen LogP contribution in [0.15, 0.2) is 24.3 Å². The molecule has 1 aromatic carbocycles. The third-order valence-corrected chi connectivity index (χ3v) is 5.91. The smallest absolute Gasteiger partial charge is 0.311 e. The van der Waals surface area contributed by atoms with E-state index >= 15 is 0 Å². The molecule has 0 saturated carbocycles. The van der Waals surface area contributed by atoms with E-state index in [0.29, 0.717) is 12.1 Å². The number of ether oxygens (including phenoxy) is 1. The third kappa shape index (κ3) is 3.04. The minimum Gasteiger partial charge on any atom is -0.463 e. The van der Waals surface area contributed by atoms with Crippen LogP contribution < -0.4 is 0 Å². The fourth-order valence-electron chi connectivity index (χ4n) is 4.15. The summed E-state index contributed by atoms with van der Waals surface area (Å²) in [5.74, 6) is 0.235. The van der Waals surface area contributed by atoms with Crippen molar-refractivity contribution in [3.63, 3.8) is 0 Å². The zero-order chi connectivity index (χ0) is 15.9. The van der Waals surface area contributed by atoms with Gasteiger partial charge in [0.15, 0.2) is 0 Å². The van der Waals surface area contributed by atoms with Gasteiger partial charge in [0.2, 0.25) is 0 Å². The molecule has 3 nitrogen and oxygen atoms in total. The Morgan fingerprint density at radius 2 is 1.95 bits per heavy atom. The van der Waals surface area contributed by atoms with Crippen LogP contribution in [0, 0.1) is 9.49 Å². The molecule has 0 unspecified atom stereocenters. The van der Waals surface area contributed by atoms with Gasteiger partial charge in [-0.3, -0.25) is 9.69 Å². The highest BCUT2D eigenvalue weighted by Gasteiger charge is 2.49. The average Bonchev–Trinajstić information content (AvgIpc) is 2.71. The second-order valence-electron chi connectivity index (χ2n) is 6.87. The van der Waals surface area contributed by atoms with Gasteiger partial charge in [-0.1, -0.05) is 12.1 Å². The van der Waals surface area contributed by atoms with Gasteiger partial charge >= 0.3 is 5.97 Å². The predicted octanol–water partition coefficient (Wildman–Crippen LogP) is 3.81. The summed E-state index contributed by atoms with van der Waals surface area (Å²) >= 11 is 2.33. The first kappa shape index (κ1) is 16.2. The van der Waals surface area contributed by atoms with Crippen molar-refractivity contribution in [3.05, 3.63) is 33.4 Å². The minimum atomic E-state index is -0.0469. The van der Waals surface area contributed by atoms with E-state index in [1.54, 1.807) is 0 Å². The molecule has 2 heterocycles. The molecule has 120 valence electrons. The summed E-state index contributed by atoms with van der Waals surface area (Å²) in [6.07, 6.45) is 3.33. The summed E-state index contributed by atoms with van der Waals surface area (Å²) in [6, 6.07) is 9.59. The van der Waals surface area contributed by atoms with Crippen molar-refractivity contribution in [3.8, 4) is 0 Å². The quantitative estimate of drug-likeness (QED) is 0.562. The number of rotatable bonds is 3. The summed E-state index contributed by atoms with van der Waals surface area (Å²) in [6.45, 7) is 3.86. The Hall–Kier alpha value is -0.620. The van der Waals surface area contributed by atoms with Gasteiger partial charge in [-0.25, -0.2) is 0 Å². The van der Waals surface area contributed by atoms with Crippen molar-refractivity contribution < 1.29 is 9.53 Å². The van der Waals surface area contributed by atoms with Crippen molar-refractivity contribution in [2.24, 2.45) is 5.92 Å². The van der Waals surface area contributed by atoms with Crippen LogP contribution in [0.2, 0.25) is 0 Å². The molecule has 0 amide bonds. The van der Waals surface area contributed by atoms with Gasteiger partial charge < -0.3 is 4.74 Å². The lowest BCUT2D eigenvalue weighted by Gasteiger charge is -2.42. The Labute approximate surface area is 146 Å². The zero-order valence-electron chi connectivity index (χ0n) is 13.5. The molecule has 1 aromatic rings. The maximum absolute atomic E-state index is 12.7. The van der Waals surface area contributed by atoms with E-state index in [2.05, 4.69) is 58.8 Å². The van der Waals surface area contributed by atoms with Crippen molar-refractivity contribution >= 4 is 28.6 Å². The molecule has 2 aliphatic heterocycles. The molecule has 22 heavy (non-hydrogen) atoms. The Balaban J connectivity index is 1.91. The lowest BCUT2D eigenvalue weighted by molar-refractivity contribution is -0.157. The van der Waals surface area contributed by atoms with Crippen LogP contribution in [0.5, 0.6) is 0 Å². The van der Waals surface area contributed by atoms with Crippen molar-refractivity contribution in [1.82, 2.24) is 4.90 Å². The zero-order valence-corrected chi connectivity index (χ0v) is 15.6. The van der Waals surface area contributed by atoms with Gasteiger partial charge in [0.1, 0.15) is 0 Å². The molecule has 0 aromatic heterocycles. The van der Waals surface area contributed by atoms with Crippen LogP contribution in [0.1, 0.15) is 44.6 Å². The van der Waals surface area contributed by atoms with Crippen LogP contribution in [0.25, 0.3) is 0 Å². The van der Waals surface area contributed by atoms with E-state index in [-0.39, 0.29) is 23.9 Å².